The lowest BCUT2D eigenvalue weighted by molar-refractivity contribution is 0.350. The Morgan fingerprint density at radius 1 is 0.309 bits per heavy atom. The van der Waals surface area contributed by atoms with Crippen molar-refractivity contribution in [3.05, 3.63) is 121 Å². The third-order valence-corrected chi connectivity index (χ3v) is 10.7. The summed E-state index contributed by atoms with van der Waals surface area (Å²) in [4.78, 5) is 0. The van der Waals surface area contributed by atoms with Crippen LogP contribution < -0.4 is 0 Å². The van der Waals surface area contributed by atoms with Gasteiger partial charge < -0.3 is 45.3 Å². The number of hydrogen-bond acceptors (Lipinski definition) is 9. The highest BCUT2D eigenvalue weighted by Crippen LogP contribution is 2.63. The fraction of sp³-hybridized carbons (Fsp3) is 0. The molecule has 10 aromatic rings. The Kier molecular flexibility index (Phi) is 6.59. The highest BCUT2D eigenvalue weighted by atomic mass is 16.4. The van der Waals surface area contributed by atoms with Crippen molar-refractivity contribution < 1.29 is 45.3 Å². The zero-order valence-electron chi connectivity index (χ0n) is 28.5. The summed E-state index contributed by atoms with van der Waals surface area (Å²) >= 11 is 0. The molecule has 9 aromatic carbocycles. The molecule has 0 unspecified atom stereocenters. The first-order chi connectivity index (χ1) is 26.7. The van der Waals surface area contributed by atoms with Crippen LogP contribution in [-0.2, 0) is 0 Å². The van der Waals surface area contributed by atoms with E-state index in [4.69, 9.17) is 4.42 Å². The Bertz CT molecular complexity index is 3210. The molecule has 0 saturated heterocycles. The molecule has 0 bridgehead atoms. The SMILES string of the molecule is Oc1c(O)c(O)c2c(-c3cccc4oc5cc6ccccc6cc5c34)c3c(O)c(O)c(O)c(O)c3c(-c3ccc(-c4ccccc4)c4ccccc34)c2c1O. The summed E-state index contributed by atoms with van der Waals surface area (Å²) in [6.45, 7) is 0. The van der Waals surface area contributed by atoms with E-state index >= 15 is 0 Å². The van der Waals surface area contributed by atoms with Crippen LogP contribution in [0.3, 0.4) is 0 Å². The predicted octanol–water partition coefficient (Wildman–Crippen LogP) is 10.8. The fourth-order valence-corrected chi connectivity index (χ4v) is 8.26. The number of hydrogen-bond donors (Lipinski definition) is 8. The number of benzene rings is 9. The van der Waals surface area contributed by atoms with E-state index in [1.807, 2.05) is 91.0 Å². The molecule has 55 heavy (non-hydrogen) atoms. The summed E-state index contributed by atoms with van der Waals surface area (Å²) in [5.41, 5.74) is 3.29. The Morgan fingerprint density at radius 2 is 0.782 bits per heavy atom. The topological polar surface area (TPSA) is 175 Å². The van der Waals surface area contributed by atoms with Gasteiger partial charge in [-0.3, -0.25) is 0 Å². The standard InChI is InChI=1S/C46H28O9/c47-39-35-33(27-18-17-24(21-9-2-1-3-10-21)25-13-6-7-14-26(25)27)36-38(42(50)46(54)44(52)40(36)48)34(37(35)41(49)45(53)43(39)51)28-15-8-16-30-32(28)29-19-22-11-4-5-12-23(22)20-31(29)55-30/h1-20,47-54H. The van der Waals surface area contributed by atoms with Gasteiger partial charge in [0.05, 0.1) is 0 Å². The highest BCUT2D eigenvalue weighted by Gasteiger charge is 2.33. The minimum Gasteiger partial charge on any atom is -0.504 e. The average Bonchev–Trinajstić information content (AvgIpc) is 3.59. The van der Waals surface area contributed by atoms with E-state index in [0.29, 0.717) is 38.5 Å². The van der Waals surface area contributed by atoms with Crippen LogP contribution in [0.25, 0.3) is 98.4 Å². The Labute approximate surface area is 310 Å². The molecular formula is C46H28O9. The second kappa shape index (κ2) is 11.4. The van der Waals surface area contributed by atoms with Crippen molar-refractivity contribution in [3.8, 4) is 79.4 Å². The quantitative estimate of drug-likeness (QED) is 0.0501. The molecule has 0 aliphatic carbocycles. The van der Waals surface area contributed by atoms with Crippen molar-refractivity contribution in [1.29, 1.82) is 0 Å². The predicted molar refractivity (Wildman–Crippen MR) is 213 cm³/mol. The van der Waals surface area contributed by atoms with E-state index in [9.17, 15) is 40.9 Å². The number of furan rings is 1. The molecule has 9 heteroatoms. The van der Waals surface area contributed by atoms with Crippen molar-refractivity contribution in [1.82, 2.24) is 0 Å². The van der Waals surface area contributed by atoms with Crippen molar-refractivity contribution in [2.24, 2.45) is 0 Å². The maximum Gasteiger partial charge on any atom is 0.204 e. The van der Waals surface area contributed by atoms with E-state index in [0.717, 1.165) is 27.3 Å². The van der Waals surface area contributed by atoms with Gasteiger partial charge in [-0.05, 0) is 62.0 Å². The third kappa shape index (κ3) is 4.29. The Hall–Kier alpha value is -7.78. The third-order valence-electron chi connectivity index (χ3n) is 10.7. The first-order valence-corrected chi connectivity index (χ1v) is 17.3. The van der Waals surface area contributed by atoms with Crippen LogP contribution in [0.1, 0.15) is 0 Å². The molecule has 266 valence electrons. The van der Waals surface area contributed by atoms with Gasteiger partial charge in [-0.1, -0.05) is 103 Å². The average molecular weight is 725 g/mol. The number of phenolic OH excluding ortho intramolecular Hbond substituents is 8. The molecule has 0 spiro atoms. The normalized spacial score (nSPS) is 11.9. The Balaban J connectivity index is 1.47. The molecule has 1 aromatic heterocycles. The van der Waals surface area contributed by atoms with E-state index < -0.39 is 46.0 Å². The lowest BCUT2D eigenvalue weighted by Gasteiger charge is -2.23. The van der Waals surface area contributed by atoms with Crippen LogP contribution in [0.5, 0.6) is 46.0 Å². The molecule has 0 fully saturated rings. The van der Waals surface area contributed by atoms with E-state index in [1.54, 1.807) is 30.3 Å². The summed E-state index contributed by atoms with van der Waals surface area (Å²) in [5, 5.41) is 95.5. The largest absolute Gasteiger partial charge is 0.504 e. The summed E-state index contributed by atoms with van der Waals surface area (Å²) in [5.74, 6) is -7.54. The lowest BCUT2D eigenvalue weighted by Crippen LogP contribution is -1.96. The molecule has 0 saturated carbocycles. The van der Waals surface area contributed by atoms with E-state index in [2.05, 4.69) is 0 Å². The lowest BCUT2D eigenvalue weighted by atomic mass is 9.81. The van der Waals surface area contributed by atoms with Crippen LogP contribution in [-0.4, -0.2) is 40.9 Å². The van der Waals surface area contributed by atoms with Crippen LogP contribution in [0.4, 0.5) is 0 Å². The molecule has 1 heterocycles. The van der Waals surface area contributed by atoms with Gasteiger partial charge in [0.1, 0.15) is 11.2 Å². The molecule has 10 rings (SSSR count). The van der Waals surface area contributed by atoms with E-state index in [1.165, 1.54) is 0 Å². The second-order valence-electron chi connectivity index (χ2n) is 13.6. The molecule has 0 amide bonds. The van der Waals surface area contributed by atoms with Crippen LogP contribution in [0.15, 0.2) is 126 Å². The molecule has 0 radical (unpaired) electrons. The van der Waals surface area contributed by atoms with Gasteiger partial charge in [-0.15, -0.1) is 0 Å². The smallest absolute Gasteiger partial charge is 0.204 e. The maximum atomic E-state index is 11.9. The zero-order valence-corrected chi connectivity index (χ0v) is 28.5. The van der Waals surface area contributed by atoms with Crippen molar-refractivity contribution in [2.45, 2.75) is 0 Å². The van der Waals surface area contributed by atoms with E-state index in [-0.39, 0.29) is 32.7 Å². The summed E-state index contributed by atoms with van der Waals surface area (Å²) in [6, 6.07) is 37.2. The van der Waals surface area contributed by atoms with Crippen LogP contribution in [0, 0.1) is 0 Å². The molecular weight excluding hydrogens is 696 g/mol. The van der Waals surface area contributed by atoms with Gasteiger partial charge in [0, 0.05) is 43.4 Å². The van der Waals surface area contributed by atoms with Crippen LogP contribution in [0.2, 0.25) is 0 Å². The van der Waals surface area contributed by atoms with Crippen LogP contribution >= 0.6 is 0 Å². The summed E-state index contributed by atoms with van der Waals surface area (Å²) < 4.78 is 6.33. The van der Waals surface area contributed by atoms with Gasteiger partial charge in [-0.25, -0.2) is 0 Å². The highest BCUT2D eigenvalue weighted by molar-refractivity contribution is 6.33. The minimum atomic E-state index is -1.04. The monoisotopic (exact) mass is 724 g/mol. The first kappa shape index (κ1) is 31.9. The molecule has 9 nitrogen and oxygen atoms in total. The number of phenols is 8. The zero-order chi connectivity index (χ0) is 37.9. The molecule has 8 N–H and O–H groups in total. The Morgan fingerprint density at radius 3 is 1.36 bits per heavy atom. The molecule has 0 aliphatic heterocycles. The van der Waals surface area contributed by atoms with Gasteiger partial charge in [0.15, 0.2) is 23.0 Å². The number of aromatic hydroxyl groups is 8. The second-order valence-corrected chi connectivity index (χ2v) is 13.6. The van der Waals surface area contributed by atoms with Gasteiger partial charge in [-0.2, -0.15) is 0 Å². The van der Waals surface area contributed by atoms with Gasteiger partial charge in [0.2, 0.25) is 23.0 Å². The van der Waals surface area contributed by atoms with Crippen molar-refractivity contribution in [2.75, 3.05) is 0 Å². The summed E-state index contributed by atoms with van der Waals surface area (Å²) in [6.07, 6.45) is 0. The first-order valence-electron chi connectivity index (χ1n) is 17.3. The van der Waals surface area contributed by atoms with Crippen molar-refractivity contribution in [3.63, 3.8) is 0 Å². The van der Waals surface area contributed by atoms with Gasteiger partial charge in [0.25, 0.3) is 0 Å². The van der Waals surface area contributed by atoms with Crippen molar-refractivity contribution >= 4 is 65.0 Å². The number of fused-ring (bicyclic) bond motifs is 7. The summed E-state index contributed by atoms with van der Waals surface area (Å²) in [7, 11) is 0. The maximum absolute atomic E-state index is 11.9. The number of rotatable bonds is 3. The van der Waals surface area contributed by atoms with Gasteiger partial charge >= 0.3 is 0 Å². The molecule has 0 aliphatic rings. The minimum absolute atomic E-state index is 0.0222. The molecule has 0 atom stereocenters. The fourth-order valence-electron chi connectivity index (χ4n) is 8.26.